The summed E-state index contributed by atoms with van der Waals surface area (Å²) in [5, 5.41) is 3.43. The van der Waals surface area contributed by atoms with Gasteiger partial charge in [-0.25, -0.2) is 4.98 Å². The molecule has 4 aliphatic heterocycles. The predicted octanol–water partition coefficient (Wildman–Crippen LogP) is 3.00. The molecule has 1 atom stereocenters. The highest BCUT2D eigenvalue weighted by atomic mass is 16.5. The monoisotopic (exact) mass is 348 g/mol. The standard InChI is InChI=1S/C21H24N4O/c1-3-16(13-22-7-1)4-2-8-23-19-11-17-12-21(26-20(17)24-14-19)15-25-9-5-18(21)6-10-25/h1-4,7,11,13-14,18,23H,5-6,8-10,12,15H2/t21-/m0/s1. The molecule has 6 heterocycles. The van der Waals surface area contributed by atoms with Gasteiger partial charge in [0.2, 0.25) is 5.88 Å². The molecule has 1 N–H and O–H groups in total. The van der Waals surface area contributed by atoms with Crippen molar-refractivity contribution in [1.82, 2.24) is 14.9 Å². The third kappa shape index (κ3) is 2.86. The van der Waals surface area contributed by atoms with Crippen molar-refractivity contribution in [2.45, 2.75) is 24.9 Å². The zero-order valence-electron chi connectivity index (χ0n) is 14.9. The smallest absolute Gasteiger partial charge is 0.217 e. The summed E-state index contributed by atoms with van der Waals surface area (Å²) in [7, 11) is 0. The van der Waals surface area contributed by atoms with Crippen LogP contribution in [0.4, 0.5) is 5.69 Å². The summed E-state index contributed by atoms with van der Waals surface area (Å²) in [5.74, 6) is 1.52. The van der Waals surface area contributed by atoms with Crippen LogP contribution in [0.2, 0.25) is 0 Å². The first-order valence-corrected chi connectivity index (χ1v) is 9.51. The molecule has 0 aliphatic carbocycles. The van der Waals surface area contributed by atoms with E-state index in [9.17, 15) is 0 Å². The molecule has 0 saturated carbocycles. The molecule has 2 aromatic rings. The molecule has 0 amide bonds. The number of ether oxygens (including phenoxy) is 1. The van der Waals surface area contributed by atoms with E-state index < -0.39 is 0 Å². The van der Waals surface area contributed by atoms with E-state index >= 15 is 0 Å². The first kappa shape index (κ1) is 15.8. The molecule has 0 aromatic carbocycles. The number of anilines is 1. The number of piperidine rings is 3. The lowest BCUT2D eigenvalue weighted by Gasteiger charge is -2.50. The summed E-state index contributed by atoms with van der Waals surface area (Å²) in [6.07, 6.45) is 13.2. The zero-order valence-corrected chi connectivity index (χ0v) is 14.9. The van der Waals surface area contributed by atoms with Crippen molar-refractivity contribution in [2.24, 2.45) is 5.92 Å². The van der Waals surface area contributed by atoms with Crippen LogP contribution in [-0.2, 0) is 6.42 Å². The third-order valence-corrected chi connectivity index (χ3v) is 5.96. The van der Waals surface area contributed by atoms with E-state index in [1.165, 1.54) is 31.5 Å². The first-order valence-electron chi connectivity index (χ1n) is 9.51. The number of nitrogens with zero attached hydrogens (tertiary/aromatic N) is 3. The molecule has 1 spiro atoms. The van der Waals surface area contributed by atoms with Gasteiger partial charge in [0, 0.05) is 43.4 Å². The van der Waals surface area contributed by atoms with Gasteiger partial charge in [-0.05, 0) is 43.6 Å². The van der Waals surface area contributed by atoms with Crippen molar-refractivity contribution in [3.63, 3.8) is 0 Å². The maximum absolute atomic E-state index is 6.41. The van der Waals surface area contributed by atoms with Crippen LogP contribution in [-0.4, -0.2) is 46.6 Å². The highest BCUT2D eigenvalue weighted by Crippen LogP contribution is 2.46. The molecule has 0 radical (unpaired) electrons. The van der Waals surface area contributed by atoms with Crippen molar-refractivity contribution in [3.05, 3.63) is 54.0 Å². The van der Waals surface area contributed by atoms with Gasteiger partial charge in [0.05, 0.1) is 11.9 Å². The Kier molecular flexibility index (Phi) is 3.89. The number of fused-ring (bicyclic) bond motifs is 3. The second-order valence-electron chi connectivity index (χ2n) is 7.65. The molecular formula is C21H24N4O. The molecule has 2 bridgehead atoms. The Morgan fingerprint density at radius 1 is 1.31 bits per heavy atom. The van der Waals surface area contributed by atoms with Crippen molar-refractivity contribution in [1.29, 1.82) is 0 Å². The Morgan fingerprint density at radius 3 is 3.00 bits per heavy atom. The van der Waals surface area contributed by atoms with Crippen LogP contribution in [0.15, 0.2) is 42.9 Å². The van der Waals surface area contributed by atoms with E-state index in [2.05, 4.69) is 38.4 Å². The number of aromatic nitrogens is 2. The Morgan fingerprint density at radius 2 is 2.23 bits per heavy atom. The summed E-state index contributed by atoms with van der Waals surface area (Å²) in [6, 6.07) is 6.21. The minimum absolute atomic E-state index is 0.0231. The number of pyridine rings is 2. The number of hydrogen-bond acceptors (Lipinski definition) is 5. The molecule has 3 saturated heterocycles. The van der Waals surface area contributed by atoms with Gasteiger partial charge in [-0.1, -0.05) is 18.2 Å². The second kappa shape index (κ2) is 6.40. The predicted molar refractivity (Wildman–Crippen MR) is 102 cm³/mol. The summed E-state index contributed by atoms with van der Waals surface area (Å²) in [6.45, 7) is 4.29. The molecule has 26 heavy (non-hydrogen) atoms. The molecular weight excluding hydrogens is 324 g/mol. The number of hydrogen-bond donors (Lipinski definition) is 1. The molecule has 3 fully saturated rings. The molecule has 0 unspecified atom stereocenters. The highest BCUT2D eigenvalue weighted by molar-refractivity contribution is 5.52. The lowest BCUT2D eigenvalue weighted by Crippen LogP contribution is -2.61. The van der Waals surface area contributed by atoms with Crippen LogP contribution >= 0.6 is 0 Å². The van der Waals surface area contributed by atoms with E-state index in [1.807, 2.05) is 24.5 Å². The van der Waals surface area contributed by atoms with Gasteiger partial charge >= 0.3 is 0 Å². The summed E-state index contributed by atoms with van der Waals surface area (Å²) in [5.41, 5.74) is 3.39. The maximum atomic E-state index is 6.41. The minimum Gasteiger partial charge on any atom is -0.469 e. The molecule has 5 nitrogen and oxygen atoms in total. The van der Waals surface area contributed by atoms with Crippen molar-refractivity contribution < 1.29 is 4.74 Å². The lowest BCUT2D eigenvalue weighted by atomic mass is 9.73. The number of nitrogens with one attached hydrogen (secondary N) is 1. The summed E-state index contributed by atoms with van der Waals surface area (Å²) in [4.78, 5) is 11.3. The van der Waals surface area contributed by atoms with Gasteiger partial charge in [-0.3, -0.25) is 9.88 Å². The normalized spacial score (nSPS) is 29.1. The minimum atomic E-state index is -0.0231. The van der Waals surface area contributed by atoms with Crippen LogP contribution in [0.25, 0.3) is 6.08 Å². The van der Waals surface area contributed by atoms with Gasteiger partial charge in [0.25, 0.3) is 0 Å². The van der Waals surface area contributed by atoms with E-state index in [0.717, 1.165) is 36.6 Å². The fraction of sp³-hybridized carbons (Fsp3) is 0.429. The topological polar surface area (TPSA) is 50.3 Å². The van der Waals surface area contributed by atoms with Crippen LogP contribution in [0.1, 0.15) is 24.0 Å². The lowest BCUT2D eigenvalue weighted by molar-refractivity contribution is -0.0814. The molecule has 6 rings (SSSR count). The Labute approximate surface area is 154 Å². The Hall–Kier alpha value is -2.40. The van der Waals surface area contributed by atoms with Gasteiger partial charge in [-0.15, -0.1) is 0 Å². The van der Waals surface area contributed by atoms with Gasteiger partial charge in [-0.2, -0.15) is 0 Å². The molecule has 5 heteroatoms. The highest BCUT2D eigenvalue weighted by Gasteiger charge is 2.52. The Bertz CT molecular complexity index is 814. The SMILES string of the molecule is C(=Cc1cccnc1)CNc1cnc2c(c1)C[C@@]1(CN3CCC1CC3)O2. The van der Waals surface area contributed by atoms with Gasteiger partial charge in [0.15, 0.2) is 0 Å². The van der Waals surface area contributed by atoms with Crippen LogP contribution < -0.4 is 10.1 Å². The van der Waals surface area contributed by atoms with Crippen molar-refractivity contribution in [3.8, 4) is 5.88 Å². The third-order valence-electron chi connectivity index (χ3n) is 5.96. The zero-order chi connectivity index (χ0) is 17.4. The quantitative estimate of drug-likeness (QED) is 0.920. The van der Waals surface area contributed by atoms with E-state index in [4.69, 9.17) is 4.74 Å². The molecule has 134 valence electrons. The van der Waals surface area contributed by atoms with Crippen molar-refractivity contribution in [2.75, 3.05) is 31.5 Å². The molecule has 2 aromatic heterocycles. The maximum Gasteiger partial charge on any atom is 0.217 e. The van der Waals surface area contributed by atoms with Crippen LogP contribution in [0.3, 0.4) is 0 Å². The van der Waals surface area contributed by atoms with Gasteiger partial charge in [0.1, 0.15) is 5.60 Å². The average Bonchev–Trinajstić information content (AvgIpc) is 3.03. The largest absolute Gasteiger partial charge is 0.469 e. The fourth-order valence-corrected chi connectivity index (χ4v) is 4.65. The van der Waals surface area contributed by atoms with Crippen LogP contribution in [0, 0.1) is 5.92 Å². The first-order chi connectivity index (χ1) is 12.8. The summed E-state index contributed by atoms with van der Waals surface area (Å²) >= 11 is 0. The molecule has 4 aliphatic rings. The second-order valence-corrected chi connectivity index (χ2v) is 7.65. The van der Waals surface area contributed by atoms with Crippen molar-refractivity contribution >= 4 is 11.8 Å². The van der Waals surface area contributed by atoms with E-state index in [-0.39, 0.29) is 5.60 Å². The van der Waals surface area contributed by atoms with Crippen LogP contribution in [0.5, 0.6) is 5.88 Å². The Balaban J connectivity index is 1.24. The van der Waals surface area contributed by atoms with Gasteiger partial charge < -0.3 is 10.1 Å². The fourth-order valence-electron chi connectivity index (χ4n) is 4.65. The van der Waals surface area contributed by atoms with E-state index in [0.29, 0.717) is 5.92 Å². The summed E-state index contributed by atoms with van der Waals surface area (Å²) < 4.78 is 6.41. The number of rotatable bonds is 4. The van der Waals surface area contributed by atoms with E-state index in [1.54, 1.807) is 6.20 Å². The average molecular weight is 348 g/mol.